The Kier molecular flexibility index (Phi) is 4.97. The molecular weight excluding hydrogens is 220 g/mol. The van der Waals surface area contributed by atoms with Crippen molar-refractivity contribution in [1.82, 2.24) is 0 Å². The molecule has 0 amide bonds. The van der Waals surface area contributed by atoms with Gasteiger partial charge in [0, 0.05) is 0 Å². The maximum absolute atomic E-state index is 12.1. The summed E-state index contributed by atoms with van der Waals surface area (Å²) in [5, 5.41) is 0. The van der Waals surface area contributed by atoms with E-state index in [1.165, 1.54) is 0 Å². The molecule has 0 bridgehead atoms. The van der Waals surface area contributed by atoms with E-state index in [9.17, 15) is 9.59 Å². The summed E-state index contributed by atoms with van der Waals surface area (Å²) in [4.78, 5) is 24.1. The molecule has 0 heterocycles. The number of ether oxygens (including phenoxy) is 2. The third kappa shape index (κ3) is 3.20. The van der Waals surface area contributed by atoms with Crippen LogP contribution in [-0.4, -0.2) is 25.2 Å². The van der Waals surface area contributed by atoms with Crippen LogP contribution in [0.5, 0.6) is 0 Å². The predicted molar refractivity (Wildman–Crippen MR) is 63.3 cm³/mol. The van der Waals surface area contributed by atoms with Crippen molar-refractivity contribution in [1.29, 1.82) is 0 Å². The highest BCUT2D eigenvalue weighted by Crippen LogP contribution is 2.43. The first-order valence-electron chi connectivity index (χ1n) is 6.45. The predicted octanol–water partition coefficient (Wildman–Crippen LogP) is 2.31. The first-order chi connectivity index (χ1) is 8.10. The summed E-state index contributed by atoms with van der Waals surface area (Å²) in [7, 11) is 0. The molecule has 17 heavy (non-hydrogen) atoms. The molecule has 98 valence electrons. The molecular formula is C13H22O4. The molecule has 0 aromatic rings. The minimum absolute atomic E-state index is 0.296. The molecule has 0 unspecified atom stereocenters. The van der Waals surface area contributed by atoms with Gasteiger partial charge in [0.25, 0.3) is 0 Å². The van der Waals surface area contributed by atoms with Crippen molar-refractivity contribution >= 4 is 11.9 Å². The zero-order valence-corrected chi connectivity index (χ0v) is 11.0. The molecule has 0 aromatic heterocycles. The smallest absolute Gasteiger partial charge is 0.323 e. The minimum atomic E-state index is -1.08. The van der Waals surface area contributed by atoms with Crippen LogP contribution < -0.4 is 0 Å². The molecule has 0 spiro atoms. The van der Waals surface area contributed by atoms with Gasteiger partial charge in [-0.05, 0) is 32.6 Å². The van der Waals surface area contributed by atoms with Crippen LogP contribution in [0.3, 0.4) is 0 Å². The largest absolute Gasteiger partial charge is 0.465 e. The summed E-state index contributed by atoms with van der Waals surface area (Å²) in [6.07, 6.45) is 3.21. The van der Waals surface area contributed by atoms with E-state index in [0.717, 1.165) is 12.8 Å². The molecule has 0 atom stereocenters. The zero-order valence-electron chi connectivity index (χ0n) is 11.0. The van der Waals surface area contributed by atoms with E-state index in [0.29, 0.717) is 32.0 Å². The van der Waals surface area contributed by atoms with Gasteiger partial charge in [-0.15, -0.1) is 0 Å². The number of hydrogen-bond donors (Lipinski definition) is 0. The van der Waals surface area contributed by atoms with Crippen molar-refractivity contribution in [3.63, 3.8) is 0 Å². The molecule has 0 aliphatic heterocycles. The summed E-state index contributed by atoms with van der Waals surface area (Å²) in [5.74, 6) is -0.371. The Morgan fingerprint density at radius 3 is 1.82 bits per heavy atom. The lowest BCUT2D eigenvalue weighted by Gasteiger charge is -2.27. The average molecular weight is 242 g/mol. The zero-order chi connectivity index (χ0) is 12.9. The molecule has 0 radical (unpaired) electrons. The summed E-state index contributed by atoms with van der Waals surface area (Å²) in [5.41, 5.74) is -1.08. The summed E-state index contributed by atoms with van der Waals surface area (Å²) < 4.78 is 10.1. The standard InChI is InChI=1S/C13H22O4/c1-4-13(9-10-7-8-10,11(14)16-5-2)12(15)17-6-3/h10H,4-9H2,1-3H3. The van der Waals surface area contributed by atoms with Crippen LogP contribution in [0.2, 0.25) is 0 Å². The van der Waals surface area contributed by atoms with Gasteiger partial charge in [-0.3, -0.25) is 9.59 Å². The normalized spacial score (nSPS) is 15.5. The third-order valence-corrected chi connectivity index (χ3v) is 3.27. The SMILES string of the molecule is CCOC(=O)C(CC)(CC1CC1)C(=O)OCC. The molecule has 1 aliphatic rings. The molecule has 1 fully saturated rings. The van der Waals surface area contributed by atoms with Crippen molar-refractivity contribution in [2.75, 3.05) is 13.2 Å². The topological polar surface area (TPSA) is 52.6 Å². The molecule has 1 aliphatic carbocycles. The molecule has 1 saturated carbocycles. The van der Waals surface area contributed by atoms with E-state index in [2.05, 4.69) is 0 Å². The van der Waals surface area contributed by atoms with E-state index in [-0.39, 0.29) is 0 Å². The fourth-order valence-electron chi connectivity index (χ4n) is 2.04. The van der Waals surface area contributed by atoms with E-state index >= 15 is 0 Å². The number of rotatable bonds is 7. The Balaban J connectivity index is 2.85. The van der Waals surface area contributed by atoms with Gasteiger partial charge in [0.15, 0.2) is 5.41 Å². The van der Waals surface area contributed by atoms with Crippen molar-refractivity contribution in [2.24, 2.45) is 11.3 Å². The maximum atomic E-state index is 12.1. The van der Waals surface area contributed by atoms with Gasteiger partial charge in [-0.25, -0.2) is 0 Å². The number of carbonyl (C=O) groups excluding carboxylic acids is 2. The Labute approximate surface area is 103 Å². The molecule has 0 N–H and O–H groups in total. The highest BCUT2D eigenvalue weighted by molar-refractivity contribution is 6.00. The van der Waals surface area contributed by atoms with Crippen molar-refractivity contribution in [3.05, 3.63) is 0 Å². The summed E-state index contributed by atoms with van der Waals surface area (Å²) >= 11 is 0. The molecule has 0 saturated heterocycles. The van der Waals surface area contributed by atoms with Crippen LogP contribution in [0.1, 0.15) is 46.5 Å². The maximum Gasteiger partial charge on any atom is 0.323 e. The van der Waals surface area contributed by atoms with Gasteiger partial charge in [0.1, 0.15) is 0 Å². The second-order valence-corrected chi connectivity index (χ2v) is 4.52. The molecule has 4 heteroatoms. The Morgan fingerprint density at radius 1 is 1.06 bits per heavy atom. The van der Waals surface area contributed by atoms with E-state index in [4.69, 9.17) is 9.47 Å². The van der Waals surface area contributed by atoms with Crippen molar-refractivity contribution in [3.8, 4) is 0 Å². The van der Waals surface area contributed by atoms with Gasteiger partial charge in [-0.2, -0.15) is 0 Å². The van der Waals surface area contributed by atoms with Crippen LogP contribution in [0, 0.1) is 11.3 Å². The van der Waals surface area contributed by atoms with E-state index < -0.39 is 17.4 Å². The van der Waals surface area contributed by atoms with Crippen LogP contribution in [0.25, 0.3) is 0 Å². The Hall–Kier alpha value is -1.06. The summed E-state index contributed by atoms with van der Waals surface area (Å²) in [6.45, 7) is 5.94. The highest BCUT2D eigenvalue weighted by atomic mass is 16.6. The van der Waals surface area contributed by atoms with Crippen LogP contribution in [-0.2, 0) is 19.1 Å². The van der Waals surface area contributed by atoms with E-state index in [1.54, 1.807) is 13.8 Å². The number of carbonyl (C=O) groups is 2. The summed E-state index contributed by atoms with van der Waals surface area (Å²) in [6, 6.07) is 0. The van der Waals surface area contributed by atoms with Gasteiger partial charge in [-0.1, -0.05) is 19.8 Å². The quantitative estimate of drug-likeness (QED) is 0.508. The highest BCUT2D eigenvalue weighted by Gasteiger charge is 2.50. The van der Waals surface area contributed by atoms with Crippen LogP contribution >= 0.6 is 0 Å². The van der Waals surface area contributed by atoms with Gasteiger partial charge in [0.05, 0.1) is 13.2 Å². The Bertz CT molecular complexity index is 263. The van der Waals surface area contributed by atoms with Gasteiger partial charge < -0.3 is 9.47 Å². The molecule has 0 aromatic carbocycles. The fraction of sp³-hybridized carbons (Fsp3) is 0.846. The lowest BCUT2D eigenvalue weighted by atomic mass is 9.80. The third-order valence-electron chi connectivity index (χ3n) is 3.27. The average Bonchev–Trinajstić information content (AvgIpc) is 3.10. The second-order valence-electron chi connectivity index (χ2n) is 4.52. The van der Waals surface area contributed by atoms with Crippen LogP contribution in [0.4, 0.5) is 0 Å². The first kappa shape index (κ1) is 14.0. The fourth-order valence-corrected chi connectivity index (χ4v) is 2.04. The molecule has 1 rings (SSSR count). The van der Waals surface area contributed by atoms with E-state index in [1.807, 2.05) is 6.92 Å². The van der Waals surface area contributed by atoms with Crippen molar-refractivity contribution in [2.45, 2.75) is 46.5 Å². The Morgan fingerprint density at radius 2 is 1.53 bits per heavy atom. The lowest BCUT2D eigenvalue weighted by Crippen LogP contribution is -2.42. The van der Waals surface area contributed by atoms with Crippen molar-refractivity contribution < 1.29 is 19.1 Å². The molecule has 4 nitrogen and oxygen atoms in total. The van der Waals surface area contributed by atoms with Gasteiger partial charge in [0.2, 0.25) is 0 Å². The monoisotopic (exact) mass is 242 g/mol. The van der Waals surface area contributed by atoms with Gasteiger partial charge >= 0.3 is 11.9 Å². The second kappa shape index (κ2) is 6.03. The minimum Gasteiger partial charge on any atom is -0.465 e. The lowest BCUT2D eigenvalue weighted by molar-refractivity contribution is -0.173. The number of esters is 2. The number of hydrogen-bond acceptors (Lipinski definition) is 4. The first-order valence-corrected chi connectivity index (χ1v) is 6.45. The van der Waals surface area contributed by atoms with Crippen LogP contribution in [0.15, 0.2) is 0 Å².